The quantitative estimate of drug-likeness (QED) is 0.662. The van der Waals surface area contributed by atoms with Crippen LogP contribution in [0.3, 0.4) is 0 Å². The van der Waals surface area contributed by atoms with E-state index in [4.69, 9.17) is 5.73 Å². The molecule has 3 amide bonds. The van der Waals surface area contributed by atoms with Crippen LogP contribution in [0, 0.1) is 5.92 Å². The predicted octanol–water partition coefficient (Wildman–Crippen LogP) is 0.405. The fourth-order valence-corrected chi connectivity index (χ4v) is 2.57. The van der Waals surface area contributed by atoms with E-state index < -0.39 is 17.9 Å². The van der Waals surface area contributed by atoms with Crippen molar-refractivity contribution in [2.45, 2.75) is 52.0 Å². The molecule has 1 rings (SSSR count). The van der Waals surface area contributed by atoms with Gasteiger partial charge in [0.05, 0.1) is 0 Å². The van der Waals surface area contributed by atoms with Gasteiger partial charge in [-0.1, -0.05) is 19.8 Å². The molecule has 1 heterocycles. The van der Waals surface area contributed by atoms with Crippen LogP contribution < -0.4 is 11.1 Å². The Morgan fingerprint density at radius 2 is 2.10 bits per heavy atom. The molecule has 0 saturated carbocycles. The van der Waals surface area contributed by atoms with Crippen LogP contribution in [0.4, 0.5) is 0 Å². The Morgan fingerprint density at radius 1 is 1.40 bits per heavy atom. The largest absolute Gasteiger partial charge is 0.330 e. The zero-order valence-electron chi connectivity index (χ0n) is 12.4. The molecule has 2 unspecified atom stereocenters. The maximum Gasteiger partial charge on any atom is 0.249 e. The van der Waals surface area contributed by atoms with E-state index in [9.17, 15) is 14.4 Å². The SMILES string of the molecule is CCCC(CCN)CCC(=O)N1CC(=O)NC(=O)C1C. The van der Waals surface area contributed by atoms with Crippen molar-refractivity contribution in [1.82, 2.24) is 10.2 Å². The fraction of sp³-hybridized carbons (Fsp3) is 0.786. The zero-order valence-corrected chi connectivity index (χ0v) is 12.4. The van der Waals surface area contributed by atoms with Gasteiger partial charge in [-0.15, -0.1) is 0 Å². The zero-order chi connectivity index (χ0) is 15.1. The maximum atomic E-state index is 12.2. The van der Waals surface area contributed by atoms with Gasteiger partial charge in [-0.3, -0.25) is 19.7 Å². The highest BCUT2D eigenvalue weighted by molar-refractivity contribution is 6.04. The summed E-state index contributed by atoms with van der Waals surface area (Å²) in [6, 6.07) is -0.570. The summed E-state index contributed by atoms with van der Waals surface area (Å²) >= 11 is 0. The van der Waals surface area contributed by atoms with Crippen LogP contribution in [0.2, 0.25) is 0 Å². The summed E-state index contributed by atoms with van der Waals surface area (Å²) in [5.74, 6) is -0.493. The molecule has 6 nitrogen and oxygen atoms in total. The Labute approximate surface area is 120 Å². The van der Waals surface area contributed by atoms with Crippen molar-refractivity contribution in [2.75, 3.05) is 13.1 Å². The molecule has 0 aromatic rings. The minimum atomic E-state index is -0.570. The number of rotatable bonds is 7. The van der Waals surface area contributed by atoms with Gasteiger partial charge in [0.25, 0.3) is 0 Å². The standard InChI is InChI=1S/C14H25N3O3/c1-3-4-11(7-8-15)5-6-13(19)17-9-12(18)16-14(20)10(17)2/h10-11H,3-9,15H2,1-2H3,(H,16,18,20). The lowest BCUT2D eigenvalue weighted by Gasteiger charge is -2.32. The molecule has 114 valence electrons. The van der Waals surface area contributed by atoms with Gasteiger partial charge >= 0.3 is 0 Å². The van der Waals surface area contributed by atoms with E-state index in [-0.39, 0.29) is 12.5 Å². The van der Waals surface area contributed by atoms with Crippen molar-refractivity contribution in [3.8, 4) is 0 Å². The molecule has 1 saturated heterocycles. The van der Waals surface area contributed by atoms with E-state index in [1.165, 1.54) is 4.90 Å². The molecule has 2 atom stereocenters. The molecule has 0 aromatic heterocycles. The smallest absolute Gasteiger partial charge is 0.249 e. The molecule has 0 spiro atoms. The average Bonchev–Trinajstić information content (AvgIpc) is 2.40. The molecule has 20 heavy (non-hydrogen) atoms. The molecule has 1 aliphatic heterocycles. The summed E-state index contributed by atoms with van der Waals surface area (Å²) in [6.07, 6.45) is 4.17. The molecule has 0 aliphatic carbocycles. The first kappa shape index (κ1) is 16.6. The third-order valence-corrected chi connectivity index (χ3v) is 3.78. The highest BCUT2D eigenvalue weighted by Crippen LogP contribution is 2.18. The van der Waals surface area contributed by atoms with Crippen LogP contribution in [-0.2, 0) is 14.4 Å². The number of hydrogen-bond donors (Lipinski definition) is 2. The van der Waals surface area contributed by atoms with Crippen molar-refractivity contribution in [2.24, 2.45) is 11.7 Å². The van der Waals surface area contributed by atoms with E-state index in [2.05, 4.69) is 12.2 Å². The van der Waals surface area contributed by atoms with Gasteiger partial charge in [-0.05, 0) is 32.2 Å². The first-order valence-corrected chi connectivity index (χ1v) is 7.32. The summed E-state index contributed by atoms with van der Waals surface area (Å²) in [4.78, 5) is 36.4. The number of piperazine rings is 1. The molecule has 0 radical (unpaired) electrons. The Morgan fingerprint density at radius 3 is 2.70 bits per heavy atom. The van der Waals surface area contributed by atoms with E-state index >= 15 is 0 Å². The van der Waals surface area contributed by atoms with E-state index in [1.807, 2.05) is 0 Å². The summed E-state index contributed by atoms with van der Waals surface area (Å²) in [6.45, 7) is 4.35. The third kappa shape index (κ3) is 4.59. The normalized spacial score (nSPS) is 20.8. The van der Waals surface area contributed by atoms with Crippen molar-refractivity contribution >= 4 is 17.7 Å². The van der Waals surface area contributed by atoms with Crippen LogP contribution in [0.1, 0.15) is 46.0 Å². The number of nitrogens with one attached hydrogen (secondary N) is 1. The summed E-state index contributed by atoms with van der Waals surface area (Å²) < 4.78 is 0. The summed E-state index contributed by atoms with van der Waals surface area (Å²) in [5.41, 5.74) is 5.57. The minimum absolute atomic E-state index is 0.0267. The number of nitrogens with two attached hydrogens (primary N) is 1. The van der Waals surface area contributed by atoms with Gasteiger partial charge in [0.15, 0.2) is 0 Å². The predicted molar refractivity (Wildman–Crippen MR) is 75.6 cm³/mol. The number of carbonyl (C=O) groups excluding carboxylic acids is 3. The van der Waals surface area contributed by atoms with Gasteiger partial charge in [0.1, 0.15) is 12.6 Å². The number of hydrogen-bond acceptors (Lipinski definition) is 4. The maximum absolute atomic E-state index is 12.2. The molecule has 0 aromatic carbocycles. The number of carbonyl (C=O) groups is 3. The number of imide groups is 1. The van der Waals surface area contributed by atoms with Crippen molar-refractivity contribution in [3.05, 3.63) is 0 Å². The van der Waals surface area contributed by atoms with Gasteiger partial charge in [-0.25, -0.2) is 0 Å². The topological polar surface area (TPSA) is 92.5 Å². The van der Waals surface area contributed by atoms with Gasteiger partial charge in [-0.2, -0.15) is 0 Å². The molecule has 3 N–H and O–H groups in total. The van der Waals surface area contributed by atoms with Crippen LogP contribution >= 0.6 is 0 Å². The number of amides is 3. The van der Waals surface area contributed by atoms with Crippen molar-refractivity contribution in [3.63, 3.8) is 0 Å². The summed E-state index contributed by atoms with van der Waals surface area (Å²) in [5, 5.41) is 2.23. The monoisotopic (exact) mass is 283 g/mol. The molecule has 1 fully saturated rings. The Kier molecular flexibility index (Phi) is 6.64. The van der Waals surface area contributed by atoms with Gasteiger partial charge in [0, 0.05) is 6.42 Å². The van der Waals surface area contributed by atoms with Crippen LogP contribution in [0.5, 0.6) is 0 Å². The Balaban J connectivity index is 2.52. The first-order valence-electron chi connectivity index (χ1n) is 7.32. The minimum Gasteiger partial charge on any atom is -0.330 e. The summed E-state index contributed by atoms with van der Waals surface area (Å²) in [7, 11) is 0. The lowest BCUT2D eigenvalue weighted by atomic mass is 9.94. The van der Waals surface area contributed by atoms with Crippen LogP contribution in [-0.4, -0.2) is 41.8 Å². The number of nitrogens with zero attached hydrogens (tertiary/aromatic N) is 1. The second kappa shape index (κ2) is 7.99. The van der Waals surface area contributed by atoms with Gasteiger partial charge < -0.3 is 10.6 Å². The lowest BCUT2D eigenvalue weighted by Crippen LogP contribution is -2.58. The molecular formula is C14H25N3O3. The highest BCUT2D eigenvalue weighted by atomic mass is 16.2. The molecule has 1 aliphatic rings. The van der Waals surface area contributed by atoms with E-state index in [1.54, 1.807) is 6.92 Å². The molecular weight excluding hydrogens is 258 g/mol. The highest BCUT2D eigenvalue weighted by Gasteiger charge is 2.33. The lowest BCUT2D eigenvalue weighted by molar-refractivity contribution is -0.149. The Hall–Kier alpha value is -1.43. The average molecular weight is 283 g/mol. The van der Waals surface area contributed by atoms with E-state index in [0.717, 1.165) is 25.7 Å². The second-order valence-electron chi connectivity index (χ2n) is 5.38. The first-order chi connectivity index (χ1) is 9.49. The van der Waals surface area contributed by atoms with Crippen molar-refractivity contribution in [1.29, 1.82) is 0 Å². The third-order valence-electron chi connectivity index (χ3n) is 3.78. The fourth-order valence-electron chi connectivity index (χ4n) is 2.57. The Bertz CT molecular complexity index is 365. The van der Waals surface area contributed by atoms with E-state index in [0.29, 0.717) is 18.9 Å². The van der Waals surface area contributed by atoms with Gasteiger partial charge in [0.2, 0.25) is 17.7 Å². The molecule has 0 bridgehead atoms. The van der Waals surface area contributed by atoms with Crippen LogP contribution in [0.15, 0.2) is 0 Å². The van der Waals surface area contributed by atoms with Crippen molar-refractivity contribution < 1.29 is 14.4 Å². The second-order valence-corrected chi connectivity index (χ2v) is 5.38. The van der Waals surface area contributed by atoms with Crippen LogP contribution in [0.25, 0.3) is 0 Å². The molecule has 6 heteroatoms.